The standard InChI is InChI=1S/C27H45N3O4SSi/c1-19(15-16-34-36(8,9)26(3,4)5)22(24(31)33-17-21-13-11-10-12-14-21)30(7)25(32)27(6)18-29-23(35-27)20(2)28/h10-14,19-20,22H,15-18,28H2,1-9H3/t19-,20?,22-,27+/m0/s1. The van der Waals surface area contributed by atoms with E-state index < -0.39 is 25.1 Å². The number of likely N-dealkylation sites (N-methyl/N-ethyl adjacent to an activating group) is 1. The number of ether oxygens (including phenoxy) is 1. The molecule has 1 heterocycles. The molecule has 2 N–H and O–H groups in total. The smallest absolute Gasteiger partial charge is 0.329 e. The summed E-state index contributed by atoms with van der Waals surface area (Å²) in [5.41, 5.74) is 6.91. The molecule has 2 rings (SSSR count). The van der Waals surface area contributed by atoms with Gasteiger partial charge in [-0.25, -0.2) is 4.79 Å². The summed E-state index contributed by atoms with van der Waals surface area (Å²) in [6, 6.07) is 8.60. The number of esters is 1. The Bertz CT molecular complexity index is 933. The zero-order valence-electron chi connectivity index (χ0n) is 23.5. The van der Waals surface area contributed by atoms with Crippen LogP contribution in [0.2, 0.25) is 18.1 Å². The summed E-state index contributed by atoms with van der Waals surface area (Å²) < 4.78 is 11.3. The van der Waals surface area contributed by atoms with Crippen LogP contribution in [0, 0.1) is 5.92 Å². The van der Waals surface area contributed by atoms with Crippen LogP contribution in [0.4, 0.5) is 0 Å². The minimum Gasteiger partial charge on any atom is -0.459 e. The first-order chi connectivity index (χ1) is 16.6. The third-order valence-corrected chi connectivity index (χ3v) is 13.3. The van der Waals surface area contributed by atoms with E-state index in [1.807, 2.05) is 51.1 Å². The fraction of sp³-hybridized carbons (Fsp3) is 0.667. The van der Waals surface area contributed by atoms with E-state index in [-0.39, 0.29) is 29.5 Å². The summed E-state index contributed by atoms with van der Waals surface area (Å²) >= 11 is 1.40. The lowest BCUT2D eigenvalue weighted by molar-refractivity contribution is -0.158. The first kappa shape index (κ1) is 30.5. The zero-order chi connectivity index (χ0) is 27.3. The molecule has 0 saturated carbocycles. The molecule has 0 spiro atoms. The van der Waals surface area contributed by atoms with E-state index in [0.29, 0.717) is 19.6 Å². The highest BCUT2D eigenvalue weighted by Crippen LogP contribution is 2.38. The van der Waals surface area contributed by atoms with Crippen molar-refractivity contribution in [1.82, 2.24) is 4.90 Å². The maximum atomic E-state index is 13.7. The highest BCUT2D eigenvalue weighted by Gasteiger charge is 2.46. The molecule has 4 atom stereocenters. The van der Waals surface area contributed by atoms with Crippen LogP contribution in [0.3, 0.4) is 0 Å². The van der Waals surface area contributed by atoms with Crippen LogP contribution in [-0.2, 0) is 25.4 Å². The van der Waals surface area contributed by atoms with Crippen molar-refractivity contribution in [2.45, 2.75) is 89.5 Å². The number of carbonyl (C=O) groups excluding carboxylic acids is 2. The largest absolute Gasteiger partial charge is 0.459 e. The van der Waals surface area contributed by atoms with Crippen molar-refractivity contribution in [1.29, 1.82) is 0 Å². The first-order valence-corrected chi connectivity index (χ1v) is 16.4. The van der Waals surface area contributed by atoms with Crippen molar-refractivity contribution >= 4 is 37.0 Å². The van der Waals surface area contributed by atoms with Gasteiger partial charge in [-0.05, 0) is 49.9 Å². The number of thioether (sulfide) groups is 1. The van der Waals surface area contributed by atoms with Crippen LogP contribution in [0.1, 0.15) is 53.5 Å². The maximum absolute atomic E-state index is 13.7. The summed E-state index contributed by atoms with van der Waals surface area (Å²) in [4.78, 5) is 33.1. The minimum absolute atomic E-state index is 0.100. The molecule has 1 aliphatic rings. The number of nitrogens with zero attached hydrogens (tertiary/aromatic N) is 2. The van der Waals surface area contributed by atoms with Gasteiger partial charge in [-0.3, -0.25) is 9.79 Å². The molecule has 1 aliphatic heterocycles. The lowest BCUT2D eigenvalue weighted by Gasteiger charge is -2.38. The quantitative estimate of drug-likeness (QED) is 0.321. The number of benzene rings is 1. The number of amides is 1. The lowest BCUT2D eigenvalue weighted by atomic mass is 9.96. The minimum atomic E-state index is -1.92. The van der Waals surface area contributed by atoms with Crippen molar-refractivity contribution in [2.24, 2.45) is 16.6 Å². The molecular weight excluding hydrogens is 490 g/mol. The molecule has 7 nitrogen and oxygen atoms in total. The van der Waals surface area contributed by atoms with Crippen LogP contribution < -0.4 is 5.73 Å². The average Bonchev–Trinajstić information content (AvgIpc) is 3.20. The van der Waals surface area contributed by atoms with E-state index in [1.165, 1.54) is 11.8 Å². The molecule has 36 heavy (non-hydrogen) atoms. The van der Waals surface area contributed by atoms with Crippen molar-refractivity contribution in [3.8, 4) is 0 Å². The Balaban J connectivity index is 2.17. The molecule has 0 saturated heterocycles. The summed E-state index contributed by atoms with van der Waals surface area (Å²) in [6.07, 6.45) is 0.640. The van der Waals surface area contributed by atoms with Gasteiger partial charge in [0.05, 0.1) is 11.6 Å². The second-order valence-corrected chi connectivity index (χ2v) is 17.9. The monoisotopic (exact) mass is 535 g/mol. The van der Waals surface area contributed by atoms with Gasteiger partial charge in [0.1, 0.15) is 17.4 Å². The van der Waals surface area contributed by atoms with Crippen molar-refractivity contribution in [3.63, 3.8) is 0 Å². The van der Waals surface area contributed by atoms with Crippen molar-refractivity contribution in [3.05, 3.63) is 35.9 Å². The predicted molar refractivity (Wildman–Crippen MR) is 152 cm³/mol. The van der Waals surface area contributed by atoms with E-state index in [9.17, 15) is 9.59 Å². The maximum Gasteiger partial charge on any atom is 0.329 e. The van der Waals surface area contributed by atoms with Crippen LogP contribution in [0.5, 0.6) is 0 Å². The highest BCUT2D eigenvalue weighted by molar-refractivity contribution is 8.16. The topological polar surface area (TPSA) is 94.2 Å². The third-order valence-electron chi connectivity index (χ3n) is 7.29. The molecule has 0 aliphatic carbocycles. The van der Waals surface area contributed by atoms with Gasteiger partial charge in [0.2, 0.25) is 5.91 Å². The number of hydrogen-bond donors (Lipinski definition) is 1. The normalized spacial score (nSPS) is 20.9. The molecule has 1 aromatic rings. The number of rotatable bonds is 11. The van der Waals surface area contributed by atoms with E-state index in [4.69, 9.17) is 14.9 Å². The van der Waals surface area contributed by atoms with Crippen LogP contribution in [-0.4, -0.2) is 67.2 Å². The van der Waals surface area contributed by atoms with Gasteiger partial charge in [0.25, 0.3) is 0 Å². The fourth-order valence-electron chi connectivity index (χ4n) is 3.83. The molecule has 1 aromatic carbocycles. The molecule has 9 heteroatoms. The van der Waals surface area contributed by atoms with E-state index in [1.54, 1.807) is 11.9 Å². The number of hydrogen-bond acceptors (Lipinski definition) is 7. The molecule has 0 aromatic heterocycles. The van der Waals surface area contributed by atoms with E-state index in [0.717, 1.165) is 10.6 Å². The van der Waals surface area contributed by atoms with E-state index in [2.05, 4.69) is 38.9 Å². The lowest BCUT2D eigenvalue weighted by Crippen LogP contribution is -2.54. The molecule has 0 radical (unpaired) electrons. The Hall–Kier alpha value is -1.68. The summed E-state index contributed by atoms with van der Waals surface area (Å²) in [5.74, 6) is -0.712. The number of carbonyl (C=O) groups is 2. The van der Waals surface area contributed by atoms with Gasteiger partial charge >= 0.3 is 5.97 Å². The Morgan fingerprint density at radius 1 is 1.22 bits per heavy atom. The Kier molecular flexibility index (Phi) is 10.4. The van der Waals surface area contributed by atoms with Gasteiger partial charge in [-0.15, -0.1) is 0 Å². The zero-order valence-corrected chi connectivity index (χ0v) is 25.3. The second kappa shape index (κ2) is 12.2. The van der Waals surface area contributed by atoms with Crippen LogP contribution in [0.15, 0.2) is 35.3 Å². The Morgan fingerprint density at radius 2 is 1.83 bits per heavy atom. The fourth-order valence-corrected chi connectivity index (χ4v) is 6.03. The molecule has 0 fully saturated rings. The summed E-state index contributed by atoms with van der Waals surface area (Å²) in [5, 5.41) is 0.863. The molecular formula is C27H45N3O4SSi. The Morgan fingerprint density at radius 3 is 2.36 bits per heavy atom. The molecule has 0 bridgehead atoms. The second-order valence-electron chi connectivity index (χ2n) is 11.6. The molecule has 1 unspecified atom stereocenters. The van der Waals surface area contributed by atoms with Crippen molar-refractivity contribution < 1.29 is 18.8 Å². The SMILES string of the molecule is CC(N)C1=NC[C@](C)(C(=O)N(C)[C@H](C(=O)OCc2ccccc2)[C@@H](C)CCO[Si](C)(C)C(C)(C)C)S1. The van der Waals surface area contributed by atoms with Crippen molar-refractivity contribution in [2.75, 3.05) is 20.2 Å². The summed E-state index contributed by atoms with van der Waals surface area (Å²) in [6.45, 7) is 17.8. The molecule has 1 amide bonds. The van der Waals surface area contributed by atoms with Gasteiger partial charge in [0, 0.05) is 19.7 Å². The number of nitrogens with two attached hydrogens (primary N) is 1. The first-order valence-electron chi connectivity index (χ1n) is 12.7. The van der Waals surface area contributed by atoms with Crippen LogP contribution >= 0.6 is 11.8 Å². The van der Waals surface area contributed by atoms with E-state index >= 15 is 0 Å². The third kappa shape index (κ3) is 7.66. The highest BCUT2D eigenvalue weighted by atomic mass is 32.2. The Labute approximate surface area is 222 Å². The van der Waals surface area contributed by atoms with Gasteiger partial charge in [-0.1, -0.05) is 69.8 Å². The average molecular weight is 536 g/mol. The predicted octanol–water partition coefficient (Wildman–Crippen LogP) is 4.86. The summed E-state index contributed by atoms with van der Waals surface area (Å²) in [7, 11) is -0.229. The van der Waals surface area contributed by atoms with Gasteiger partial charge < -0.3 is 19.8 Å². The number of aliphatic imine (C=N–C) groups is 1. The van der Waals surface area contributed by atoms with Gasteiger partial charge in [-0.2, -0.15) is 0 Å². The van der Waals surface area contributed by atoms with Gasteiger partial charge in [0.15, 0.2) is 8.32 Å². The molecule has 202 valence electrons. The van der Waals surface area contributed by atoms with Crippen LogP contribution in [0.25, 0.3) is 0 Å².